The van der Waals surface area contributed by atoms with Crippen LogP contribution in [0.25, 0.3) is 0 Å². The second kappa shape index (κ2) is 5.98. The van der Waals surface area contributed by atoms with Crippen molar-refractivity contribution in [1.29, 1.82) is 0 Å². The second-order valence-corrected chi connectivity index (χ2v) is 3.68. The van der Waals surface area contributed by atoms with Crippen LogP contribution in [-0.4, -0.2) is 49.7 Å². The molecule has 4 heteroatoms. The highest BCUT2D eigenvalue weighted by atomic mass is 16.5. The molecule has 0 spiro atoms. The number of carbonyl (C=O) groups is 1. The van der Waals surface area contributed by atoms with E-state index in [9.17, 15) is 4.79 Å². The van der Waals surface area contributed by atoms with Gasteiger partial charge in [-0.25, -0.2) is 0 Å². The summed E-state index contributed by atoms with van der Waals surface area (Å²) in [5.41, 5.74) is 0. The third-order valence-electron chi connectivity index (χ3n) is 2.47. The molecule has 0 bridgehead atoms. The Morgan fingerprint density at radius 3 is 3.07 bits per heavy atom. The van der Waals surface area contributed by atoms with Crippen molar-refractivity contribution in [2.75, 3.05) is 32.8 Å². The van der Waals surface area contributed by atoms with Crippen molar-refractivity contribution < 1.29 is 9.53 Å². The molecule has 1 saturated heterocycles. The lowest BCUT2D eigenvalue weighted by Gasteiger charge is -2.27. The molecule has 1 amide bonds. The number of amides is 1. The number of nitrogens with one attached hydrogen (secondary N) is 1. The Labute approximate surface area is 85.6 Å². The van der Waals surface area contributed by atoms with E-state index in [-0.39, 0.29) is 12.5 Å². The van der Waals surface area contributed by atoms with Crippen LogP contribution in [0.2, 0.25) is 0 Å². The van der Waals surface area contributed by atoms with E-state index in [1.165, 1.54) is 0 Å². The summed E-state index contributed by atoms with van der Waals surface area (Å²) in [4.78, 5) is 13.2. The summed E-state index contributed by atoms with van der Waals surface area (Å²) >= 11 is 0. The Morgan fingerprint density at radius 2 is 2.43 bits per heavy atom. The van der Waals surface area contributed by atoms with Crippen molar-refractivity contribution in [2.45, 2.75) is 26.3 Å². The predicted octanol–water partition coefficient (Wildman–Crippen LogP) is 0.233. The van der Waals surface area contributed by atoms with Gasteiger partial charge in [0.05, 0.1) is 6.61 Å². The monoisotopic (exact) mass is 200 g/mol. The van der Waals surface area contributed by atoms with Crippen LogP contribution in [0.1, 0.15) is 20.3 Å². The van der Waals surface area contributed by atoms with Crippen molar-refractivity contribution in [3.8, 4) is 0 Å². The standard InChI is InChI=1S/C10H20N2O2/c1-3-11-9(2)4-5-12-6-7-14-8-10(12)13/h9,11H,3-8H2,1-2H3. The second-order valence-electron chi connectivity index (χ2n) is 3.68. The number of ether oxygens (including phenoxy) is 1. The highest BCUT2D eigenvalue weighted by molar-refractivity contribution is 5.77. The van der Waals surface area contributed by atoms with E-state index >= 15 is 0 Å². The normalized spacial score (nSPS) is 19.9. The molecule has 1 atom stereocenters. The van der Waals surface area contributed by atoms with Crippen LogP contribution in [0.4, 0.5) is 0 Å². The fourth-order valence-corrected chi connectivity index (χ4v) is 1.59. The molecule has 0 aromatic carbocycles. The minimum Gasteiger partial charge on any atom is -0.370 e. The number of hydrogen-bond donors (Lipinski definition) is 1. The Morgan fingerprint density at radius 1 is 1.64 bits per heavy atom. The first-order valence-corrected chi connectivity index (χ1v) is 5.33. The Balaban J connectivity index is 2.19. The van der Waals surface area contributed by atoms with Crippen LogP contribution in [0.5, 0.6) is 0 Å². The molecule has 1 unspecified atom stereocenters. The quantitative estimate of drug-likeness (QED) is 0.691. The topological polar surface area (TPSA) is 41.6 Å². The molecule has 0 radical (unpaired) electrons. The van der Waals surface area contributed by atoms with Crippen molar-refractivity contribution in [3.63, 3.8) is 0 Å². The molecule has 4 nitrogen and oxygen atoms in total. The van der Waals surface area contributed by atoms with Crippen molar-refractivity contribution >= 4 is 5.91 Å². The third kappa shape index (κ3) is 3.64. The molecule has 1 heterocycles. The third-order valence-corrected chi connectivity index (χ3v) is 2.47. The predicted molar refractivity (Wildman–Crippen MR) is 55.2 cm³/mol. The molecule has 82 valence electrons. The van der Waals surface area contributed by atoms with Gasteiger partial charge < -0.3 is 15.0 Å². The maximum atomic E-state index is 11.3. The smallest absolute Gasteiger partial charge is 0.248 e. The van der Waals surface area contributed by atoms with Gasteiger partial charge in [0.25, 0.3) is 0 Å². The van der Waals surface area contributed by atoms with Crippen LogP contribution in [0.15, 0.2) is 0 Å². The Hall–Kier alpha value is -0.610. The molecule has 1 fully saturated rings. The number of morpholine rings is 1. The fraction of sp³-hybridized carbons (Fsp3) is 0.900. The van der Waals surface area contributed by atoms with Gasteiger partial charge in [-0.2, -0.15) is 0 Å². The zero-order chi connectivity index (χ0) is 10.4. The maximum absolute atomic E-state index is 11.3. The average Bonchev–Trinajstić information content (AvgIpc) is 2.17. The number of hydrogen-bond acceptors (Lipinski definition) is 3. The molecule has 0 aromatic heterocycles. The van der Waals surface area contributed by atoms with Gasteiger partial charge in [0.15, 0.2) is 0 Å². The summed E-state index contributed by atoms with van der Waals surface area (Å²) in [6, 6.07) is 0.482. The first-order chi connectivity index (χ1) is 6.74. The highest BCUT2D eigenvalue weighted by Gasteiger charge is 2.18. The number of carbonyl (C=O) groups excluding carboxylic acids is 1. The molecule has 0 aromatic rings. The van der Waals surface area contributed by atoms with Gasteiger partial charge in [-0.15, -0.1) is 0 Å². The van der Waals surface area contributed by atoms with Gasteiger partial charge >= 0.3 is 0 Å². The SMILES string of the molecule is CCNC(C)CCN1CCOCC1=O. The van der Waals surface area contributed by atoms with Gasteiger partial charge in [0, 0.05) is 19.1 Å². The van der Waals surface area contributed by atoms with Gasteiger partial charge in [-0.3, -0.25) is 4.79 Å². The highest BCUT2D eigenvalue weighted by Crippen LogP contribution is 2.01. The Kier molecular flexibility index (Phi) is 4.90. The Bertz CT molecular complexity index is 185. The van der Waals surface area contributed by atoms with Crippen LogP contribution in [0, 0.1) is 0 Å². The molecular weight excluding hydrogens is 180 g/mol. The summed E-state index contributed by atoms with van der Waals surface area (Å²) in [5.74, 6) is 0.125. The number of rotatable bonds is 5. The lowest BCUT2D eigenvalue weighted by molar-refractivity contribution is -0.142. The molecule has 0 saturated carbocycles. The molecule has 0 aliphatic carbocycles. The summed E-state index contributed by atoms with van der Waals surface area (Å²) in [6.45, 7) is 7.76. The minimum atomic E-state index is 0.125. The zero-order valence-corrected chi connectivity index (χ0v) is 9.08. The zero-order valence-electron chi connectivity index (χ0n) is 9.08. The van der Waals surface area contributed by atoms with E-state index in [0.29, 0.717) is 12.6 Å². The van der Waals surface area contributed by atoms with Crippen LogP contribution >= 0.6 is 0 Å². The molecule has 1 aliphatic heterocycles. The molecule has 1 rings (SSSR count). The average molecular weight is 200 g/mol. The molecule has 14 heavy (non-hydrogen) atoms. The van der Waals surface area contributed by atoms with E-state index in [2.05, 4.69) is 19.2 Å². The van der Waals surface area contributed by atoms with Crippen molar-refractivity contribution in [2.24, 2.45) is 0 Å². The lowest BCUT2D eigenvalue weighted by atomic mass is 10.2. The van der Waals surface area contributed by atoms with Crippen LogP contribution in [-0.2, 0) is 9.53 Å². The minimum absolute atomic E-state index is 0.125. The largest absolute Gasteiger partial charge is 0.370 e. The van der Waals surface area contributed by atoms with Gasteiger partial charge in [-0.05, 0) is 19.9 Å². The van der Waals surface area contributed by atoms with Crippen LogP contribution < -0.4 is 5.32 Å². The van der Waals surface area contributed by atoms with E-state index in [1.54, 1.807) is 0 Å². The lowest BCUT2D eigenvalue weighted by Crippen LogP contribution is -2.43. The molecule has 1 N–H and O–H groups in total. The van der Waals surface area contributed by atoms with Gasteiger partial charge in [0.2, 0.25) is 5.91 Å². The first-order valence-electron chi connectivity index (χ1n) is 5.33. The maximum Gasteiger partial charge on any atom is 0.248 e. The number of nitrogens with zero attached hydrogens (tertiary/aromatic N) is 1. The van der Waals surface area contributed by atoms with Crippen LogP contribution in [0.3, 0.4) is 0 Å². The summed E-state index contributed by atoms with van der Waals surface area (Å²) in [7, 11) is 0. The summed E-state index contributed by atoms with van der Waals surface area (Å²) < 4.78 is 5.06. The van der Waals surface area contributed by atoms with Gasteiger partial charge in [0.1, 0.15) is 6.61 Å². The molecular formula is C10H20N2O2. The van der Waals surface area contributed by atoms with E-state index in [4.69, 9.17) is 4.74 Å². The van der Waals surface area contributed by atoms with E-state index in [1.807, 2.05) is 4.90 Å². The van der Waals surface area contributed by atoms with Gasteiger partial charge in [-0.1, -0.05) is 6.92 Å². The molecule has 1 aliphatic rings. The summed E-state index contributed by atoms with van der Waals surface area (Å²) in [6.07, 6.45) is 1.01. The van der Waals surface area contributed by atoms with Crippen molar-refractivity contribution in [1.82, 2.24) is 10.2 Å². The van der Waals surface area contributed by atoms with E-state index in [0.717, 1.165) is 26.1 Å². The van der Waals surface area contributed by atoms with Crippen molar-refractivity contribution in [3.05, 3.63) is 0 Å². The van der Waals surface area contributed by atoms with E-state index < -0.39 is 0 Å². The fourth-order valence-electron chi connectivity index (χ4n) is 1.59. The summed E-state index contributed by atoms with van der Waals surface area (Å²) in [5, 5.41) is 3.33. The first kappa shape index (κ1) is 11.5.